The predicted molar refractivity (Wildman–Crippen MR) is 96.2 cm³/mol. The van der Waals surface area contributed by atoms with Crippen LogP contribution < -0.4 is 5.73 Å². The summed E-state index contributed by atoms with van der Waals surface area (Å²) in [5.74, 6) is -1.21. The first-order valence-corrected chi connectivity index (χ1v) is 8.87. The first kappa shape index (κ1) is 17.8. The molecule has 26 heavy (non-hydrogen) atoms. The molecule has 3 rings (SSSR count). The van der Waals surface area contributed by atoms with Gasteiger partial charge in [0.1, 0.15) is 6.07 Å². The molecule has 2 aliphatic carbocycles. The Morgan fingerprint density at radius 3 is 2.58 bits per heavy atom. The van der Waals surface area contributed by atoms with Crippen LogP contribution in [0.15, 0.2) is 52.7 Å². The molecule has 0 saturated heterocycles. The number of hydrogen-bond acceptors (Lipinski definition) is 5. The molecule has 0 aromatic heterocycles. The Morgan fingerprint density at radius 1 is 1.27 bits per heavy atom. The fraction of sp³-hybridized carbons (Fsp3) is 0.381. The Balaban J connectivity index is 2.34. The van der Waals surface area contributed by atoms with E-state index >= 15 is 0 Å². The van der Waals surface area contributed by atoms with Gasteiger partial charge in [0.25, 0.3) is 0 Å². The van der Waals surface area contributed by atoms with Crippen LogP contribution in [0.2, 0.25) is 0 Å². The average Bonchev–Trinajstić information content (AvgIpc) is 2.68. The Hall–Kier alpha value is -3.05. The van der Waals surface area contributed by atoms with Crippen molar-refractivity contribution in [2.75, 3.05) is 6.61 Å². The van der Waals surface area contributed by atoms with Gasteiger partial charge in [-0.25, -0.2) is 4.79 Å². The van der Waals surface area contributed by atoms with Gasteiger partial charge in [0.2, 0.25) is 5.41 Å². The predicted octanol–water partition coefficient (Wildman–Crippen LogP) is 3.46. The molecule has 0 bridgehead atoms. The maximum Gasteiger partial charge on any atom is 0.333 e. The third-order valence-corrected chi connectivity index (χ3v) is 5.31. The Kier molecular flexibility index (Phi) is 4.82. The number of nitriles is 2. The maximum atomic E-state index is 13.0. The van der Waals surface area contributed by atoms with Crippen LogP contribution in [0, 0.1) is 28.1 Å². The van der Waals surface area contributed by atoms with Gasteiger partial charge in [-0.15, -0.1) is 0 Å². The molecule has 2 atom stereocenters. The summed E-state index contributed by atoms with van der Waals surface area (Å²) in [7, 11) is 0. The largest absolute Gasteiger partial charge is 0.464 e. The van der Waals surface area contributed by atoms with Crippen molar-refractivity contribution >= 4 is 5.97 Å². The van der Waals surface area contributed by atoms with Crippen LogP contribution in [-0.2, 0) is 9.53 Å². The van der Waals surface area contributed by atoms with E-state index in [1.165, 1.54) is 0 Å². The van der Waals surface area contributed by atoms with Crippen LogP contribution in [0.5, 0.6) is 0 Å². The molecular formula is C21H21N3O2. The first-order chi connectivity index (χ1) is 12.6. The van der Waals surface area contributed by atoms with E-state index in [0.29, 0.717) is 0 Å². The van der Waals surface area contributed by atoms with Crippen molar-refractivity contribution in [2.45, 2.75) is 38.5 Å². The van der Waals surface area contributed by atoms with Crippen molar-refractivity contribution < 1.29 is 9.53 Å². The van der Waals surface area contributed by atoms with Crippen LogP contribution in [0.4, 0.5) is 0 Å². The average molecular weight is 347 g/mol. The van der Waals surface area contributed by atoms with E-state index in [1.54, 1.807) is 6.92 Å². The van der Waals surface area contributed by atoms with Gasteiger partial charge < -0.3 is 10.5 Å². The number of nitrogens with two attached hydrogens (primary N) is 1. The number of rotatable bonds is 3. The molecule has 1 aromatic carbocycles. The molecular weight excluding hydrogens is 326 g/mol. The molecule has 5 nitrogen and oxygen atoms in total. The molecule has 0 radical (unpaired) electrons. The molecule has 0 amide bonds. The van der Waals surface area contributed by atoms with E-state index in [-0.39, 0.29) is 17.9 Å². The van der Waals surface area contributed by atoms with Gasteiger partial charge in [0, 0.05) is 5.92 Å². The fourth-order valence-corrected chi connectivity index (χ4v) is 4.18. The smallest absolute Gasteiger partial charge is 0.333 e. The van der Waals surface area contributed by atoms with Crippen molar-refractivity contribution in [3.63, 3.8) is 0 Å². The minimum Gasteiger partial charge on any atom is -0.464 e. The van der Waals surface area contributed by atoms with Gasteiger partial charge in [0.15, 0.2) is 0 Å². The Morgan fingerprint density at radius 2 is 1.96 bits per heavy atom. The minimum absolute atomic E-state index is 0.0236. The lowest BCUT2D eigenvalue weighted by Crippen LogP contribution is -2.46. The van der Waals surface area contributed by atoms with Crippen LogP contribution in [0.25, 0.3) is 0 Å². The van der Waals surface area contributed by atoms with Gasteiger partial charge in [-0.1, -0.05) is 35.9 Å². The molecule has 0 heterocycles. The third-order valence-electron chi connectivity index (χ3n) is 5.31. The summed E-state index contributed by atoms with van der Waals surface area (Å²) in [6.07, 6.45) is 3.42. The summed E-state index contributed by atoms with van der Waals surface area (Å²) in [5, 5.41) is 19.9. The van der Waals surface area contributed by atoms with Gasteiger partial charge in [-0.05, 0) is 43.7 Å². The molecule has 0 fully saturated rings. The van der Waals surface area contributed by atoms with Gasteiger partial charge in [-0.3, -0.25) is 0 Å². The van der Waals surface area contributed by atoms with E-state index in [0.717, 1.165) is 42.4 Å². The van der Waals surface area contributed by atoms with Gasteiger partial charge >= 0.3 is 5.97 Å². The zero-order valence-electron chi connectivity index (χ0n) is 14.8. The zero-order chi connectivity index (χ0) is 18.7. The van der Waals surface area contributed by atoms with Crippen molar-refractivity contribution in [1.29, 1.82) is 10.5 Å². The van der Waals surface area contributed by atoms with Crippen LogP contribution >= 0.6 is 0 Å². The topological polar surface area (TPSA) is 99.9 Å². The highest BCUT2D eigenvalue weighted by Gasteiger charge is 2.56. The summed E-state index contributed by atoms with van der Waals surface area (Å²) in [6, 6.07) is 13.8. The molecule has 1 aromatic rings. The van der Waals surface area contributed by atoms with Crippen LogP contribution in [0.1, 0.15) is 44.1 Å². The first-order valence-electron chi connectivity index (χ1n) is 8.87. The van der Waals surface area contributed by atoms with E-state index in [4.69, 9.17) is 10.5 Å². The van der Waals surface area contributed by atoms with Crippen LogP contribution in [-0.4, -0.2) is 12.6 Å². The SMILES string of the molecule is CCOC(=O)[C@@]1(C#N)C(N)=C(C#N)C2=C(CCCC2)[C@H]1c1ccccc1. The van der Waals surface area contributed by atoms with E-state index in [1.807, 2.05) is 30.3 Å². The van der Waals surface area contributed by atoms with Crippen molar-refractivity contribution in [3.05, 3.63) is 58.3 Å². The fourth-order valence-electron chi connectivity index (χ4n) is 4.18. The highest BCUT2D eigenvalue weighted by atomic mass is 16.5. The molecule has 0 spiro atoms. The van der Waals surface area contributed by atoms with Crippen molar-refractivity contribution in [3.8, 4) is 12.1 Å². The molecule has 2 aliphatic rings. The summed E-state index contributed by atoms with van der Waals surface area (Å²) in [5.41, 5.74) is 7.66. The number of nitrogens with zero attached hydrogens (tertiary/aromatic N) is 2. The number of ether oxygens (including phenoxy) is 1. The summed E-state index contributed by atoms with van der Waals surface area (Å²) >= 11 is 0. The standard InChI is InChI=1S/C21H21N3O2/c1-2-26-20(25)21(13-23)18(14-8-4-3-5-9-14)16-11-7-6-10-15(16)17(12-22)19(21)24/h3-5,8-9,18H,2,6-7,10-11,24H2,1H3/t18-,21-/m1/s1. The normalized spacial score (nSPS) is 25.1. The molecule has 2 N–H and O–H groups in total. The van der Waals surface area contributed by atoms with E-state index in [9.17, 15) is 15.3 Å². The Labute approximate surface area is 153 Å². The lowest BCUT2D eigenvalue weighted by Gasteiger charge is -2.41. The molecule has 0 unspecified atom stereocenters. The zero-order valence-corrected chi connectivity index (χ0v) is 14.8. The van der Waals surface area contributed by atoms with Crippen molar-refractivity contribution in [2.24, 2.45) is 11.1 Å². The monoisotopic (exact) mass is 347 g/mol. The molecule has 132 valence electrons. The number of hydrogen-bond donors (Lipinski definition) is 1. The maximum absolute atomic E-state index is 13.0. The highest BCUT2D eigenvalue weighted by Crippen LogP contribution is 2.55. The van der Waals surface area contributed by atoms with Gasteiger partial charge in [-0.2, -0.15) is 10.5 Å². The van der Waals surface area contributed by atoms with E-state index < -0.39 is 17.3 Å². The summed E-state index contributed by atoms with van der Waals surface area (Å²) in [6.45, 7) is 1.84. The van der Waals surface area contributed by atoms with Gasteiger partial charge in [0.05, 0.1) is 23.9 Å². The third kappa shape index (κ3) is 2.48. The quantitative estimate of drug-likeness (QED) is 0.844. The lowest BCUT2D eigenvalue weighted by atomic mass is 9.59. The number of benzene rings is 1. The number of carbonyl (C=O) groups excluding carboxylic acids is 1. The number of esters is 1. The number of allylic oxidation sites excluding steroid dienone is 3. The summed E-state index contributed by atoms with van der Waals surface area (Å²) < 4.78 is 5.26. The van der Waals surface area contributed by atoms with Crippen LogP contribution in [0.3, 0.4) is 0 Å². The summed E-state index contributed by atoms with van der Waals surface area (Å²) in [4.78, 5) is 13.0. The Bertz CT molecular complexity index is 871. The minimum atomic E-state index is -1.71. The van der Waals surface area contributed by atoms with E-state index in [2.05, 4.69) is 12.1 Å². The van der Waals surface area contributed by atoms with Crippen molar-refractivity contribution in [1.82, 2.24) is 0 Å². The second-order valence-electron chi connectivity index (χ2n) is 6.60. The second-order valence-corrected chi connectivity index (χ2v) is 6.60. The molecule has 0 aliphatic heterocycles. The number of carbonyl (C=O) groups is 1. The second kappa shape index (κ2) is 7.06. The lowest BCUT2D eigenvalue weighted by molar-refractivity contribution is -0.151. The molecule has 0 saturated carbocycles. The molecule has 5 heteroatoms. The highest BCUT2D eigenvalue weighted by molar-refractivity contribution is 5.88.